The molecule has 0 bridgehead atoms. The predicted molar refractivity (Wildman–Crippen MR) is 147 cm³/mol. The van der Waals surface area contributed by atoms with E-state index >= 15 is 0 Å². The molecule has 4 rings (SSSR count). The molecule has 1 unspecified atom stereocenters. The van der Waals surface area contributed by atoms with Crippen LogP contribution in [0.3, 0.4) is 0 Å². The lowest BCUT2D eigenvalue weighted by molar-refractivity contribution is -0.00362. The average Bonchev–Trinajstić information content (AvgIpc) is 3.40. The number of rotatable bonds is 12. The van der Waals surface area contributed by atoms with Crippen LogP contribution in [0.4, 0.5) is 5.82 Å². The normalized spacial score (nSPS) is 23.1. The highest BCUT2D eigenvalue weighted by Crippen LogP contribution is 2.56. The maximum absolute atomic E-state index is 12.1. The number of aryl methyl sites for hydroxylation is 1. The zero-order valence-corrected chi connectivity index (χ0v) is 24.5. The number of fused-ring (bicyclic) bond motifs is 1. The molecule has 0 radical (unpaired) electrons. The highest BCUT2D eigenvalue weighted by molar-refractivity contribution is 7.70. The second-order valence-electron chi connectivity index (χ2n) is 10.4. The molecule has 0 amide bonds. The van der Waals surface area contributed by atoms with Gasteiger partial charge in [0.1, 0.15) is 11.9 Å². The van der Waals surface area contributed by atoms with Gasteiger partial charge in [0, 0.05) is 23.9 Å². The maximum atomic E-state index is 12.1. The lowest BCUT2D eigenvalue weighted by atomic mass is 10.1. The Morgan fingerprint density at radius 1 is 1.15 bits per heavy atom. The molecule has 0 aliphatic heterocycles. The summed E-state index contributed by atoms with van der Waals surface area (Å²) in [7, 11) is -9.43. The first-order valence-corrected chi connectivity index (χ1v) is 16.6. The number of aromatic nitrogens is 5. The quantitative estimate of drug-likeness (QED) is 0.161. The summed E-state index contributed by atoms with van der Waals surface area (Å²) in [5.74, 6) is -0.790. The summed E-state index contributed by atoms with van der Waals surface area (Å²) in [4.78, 5) is 37.1. The minimum Gasteiger partial charge on any atom is -0.390 e. The number of aliphatic hydroxyl groups excluding tert-OH is 2. The fourth-order valence-corrected chi connectivity index (χ4v) is 7.38. The summed E-state index contributed by atoms with van der Waals surface area (Å²) in [6.07, 6.45) is -1.22. The van der Waals surface area contributed by atoms with Gasteiger partial charge in [0.05, 0.1) is 18.8 Å². The Hall–Kier alpha value is -1.99. The third kappa shape index (κ3) is 7.64. The van der Waals surface area contributed by atoms with Crippen LogP contribution in [0.2, 0.25) is 5.02 Å². The van der Waals surface area contributed by atoms with Gasteiger partial charge in [-0.3, -0.25) is 9.13 Å². The molecule has 17 heteroatoms. The van der Waals surface area contributed by atoms with Gasteiger partial charge in [-0.15, -0.1) is 5.10 Å². The molecule has 3 aromatic rings. The monoisotopic (exact) mass is 618 g/mol. The Kier molecular flexibility index (Phi) is 9.66. The largest absolute Gasteiger partial charge is 0.390 e. The lowest BCUT2D eigenvalue weighted by Crippen LogP contribution is -2.31. The van der Waals surface area contributed by atoms with Crippen LogP contribution in [0, 0.1) is 11.8 Å². The molecule has 40 heavy (non-hydrogen) atoms. The standard InChI is InChI=1S/C23H33ClN6O8P2/c1-13(2)7-8-18-26-22(25-10-14-5-3-4-6-16(14)24)19-23(27-18)30(29-28-19)17-9-15(20(31)21(17)32)11-38-40(36,37)12-39(33,34)35/h3-6,13,15,17,20-21,31-32H,7-12H2,1-2H3,(H,36,37)(H,25,26,27)(H2,33,34,35)/t15-,17-,20-,21+/m1/s1. The van der Waals surface area contributed by atoms with E-state index in [0.717, 1.165) is 12.0 Å². The molecule has 1 aromatic carbocycles. The van der Waals surface area contributed by atoms with Gasteiger partial charge in [-0.05, 0) is 30.4 Å². The van der Waals surface area contributed by atoms with Crippen LogP contribution in [0.25, 0.3) is 11.2 Å². The number of hydrogen-bond donors (Lipinski definition) is 6. The van der Waals surface area contributed by atoms with E-state index in [-0.39, 0.29) is 6.42 Å². The summed E-state index contributed by atoms with van der Waals surface area (Å²) < 4.78 is 29.5. The van der Waals surface area contributed by atoms with Crippen LogP contribution in [-0.4, -0.2) is 74.6 Å². The Morgan fingerprint density at radius 3 is 2.55 bits per heavy atom. The fourth-order valence-electron chi connectivity index (χ4n) is 4.56. The second-order valence-corrected chi connectivity index (χ2v) is 14.8. The van der Waals surface area contributed by atoms with Gasteiger partial charge in [0.25, 0.3) is 0 Å². The average molecular weight is 619 g/mol. The van der Waals surface area contributed by atoms with Gasteiger partial charge < -0.3 is 34.7 Å². The molecular weight excluding hydrogens is 586 g/mol. The lowest BCUT2D eigenvalue weighted by Gasteiger charge is -2.19. The first-order chi connectivity index (χ1) is 18.7. The maximum Gasteiger partial charge on any atom is 0.340 e. The topological polar surface area (TPSA) is 213 Å². The van der Waals surface area contributed by atoms with Crippen LogP contribution >= 0.6 is 26.8 Å². The van der Waals surface area contributed by atoms with Crippen molar-refractivity contribution < 1.29 is 38.5 Å². The molecule has 2 heterocycles. The number of aliphatic hydroxyl groups is 2. The Balaban J connectivity index is 1.60. The van der Waals surface area contributed by atoms with Gasteiger partial charge in [-0.25, -0.2) is 14.6 Å². The molecule has 1 aliphatic rings. The van der Waals surface area contributed by atoms with E-state index in [1.807, 2.05) is 18.2 Å². The van der Waals surface area contributed by atoms with Crippen molar-refractivity contribution in [3.63, 3.8) is 0 Å². The van der Waals surface area contributed by atoms with Crippen LogP contribution in [0.1, 0.15) is 44.1 Å². The number of halogens is 1. The number of anilines is 1. The molecule has 5 atom stereocenters. The minimum absolute atomic E-state index is 0.0738. The van der Waals surface area contributed by atoms with Gasteiger partial charge in [-0.1, -0.05) is 48.9 Å². The Labute approximate surface area is 235 Å². The summed E-state index contributed by atoms with van der Waals surface area (Å²) >= 11 is 6.30. The predicted octanol–water partition coefficient (Wildman–Crippen LogP) is 2.70. The zero-order chi connectivity index (χ0) is 29.2. The van der Waals surface area contributed by atoms with Gasteiger partial charge in [0.2, 0.25) is 0 Å². The van der Waals surface area contributed by atoms with Crippen LogP contribution < -0.4 is 5.32 Å². The highest BCUT2D eigenvalue weighted by Gasteiger charge is 2.45. The van der Waals surface area contributed by atoms with E-state index < -0.39 is 51.9 Å². The van der Waals surface area contributed by atoms with Crippen molar-refractivity contribution in [1.82, 2.24) is 25.0 Å². The zero-order valence-electron chi connectivity index (χ0n) is 21.9. The van der Waals surface area contributed by atoms with Crippen molar-refractivity contribution in [2.75, 3.05) is 17.8 Å². The SMILES string of the molecule is CC(C)CCc1nc(NCc2ccccc2Cl)c2nnn([C@@H]3C[C@H](COP(=O)(O)CP(=O)(O)O)[C@@H](O)[C@H]3O)c2n1. The third-order valence-corrected chi connectivity index (χ3v) is 10.5. The molecule has 1 aliphatic carbocycles. The van der Waals surface area contributed by atoms with Crippen molar-refractivity contribution in [2.24, 2.45) is 11.8 Å². The van der Waals surface area contributed by atoms with Crippen molar-refractivity contribution in [3.8, 4) is 0 Å². The van der Waals surface area contributed by atoms with E-state index in [4.69, 9.17) is 25.9 Å². The van der Waals surface area contributed by atoms with Crippen LogP contribution in [-0.2, 0) is 26.6 Å². The molecule has 220 valence electrons. The van der Waals surface area contributed by atoms with Gasteiger partial charge >= 0.3 is 15.2 Å². The first-order valence-electron chi connectivity index (χ1n) is 12.7. The number of hydrogen-bond acceptors (Lipinski definition) is 10. The number of nitrogens with one attached hydrogen (secondary N) is 1. The molecule has 14 nitrogen and oxygen atoms in total. The van der Waals surface area contributed by atoms with E-state index in [0.29, 0.717) is 46.7 Å². The molecule has 0 spiro atoms. The van der Waals surface area contributed by atoms with Crippen LogP contribution in [0.15, 0.2) is 24.3 Å². The van der Waals surface area contributed by atoms with Crippen molar-refractivity contribution in [3.05, 3.63) is 40.7 Å². The summed E-state index contributed by atoms with van der Waals surface area (Å²) in [6, 6.07) is 6.57. The molecule has 1 saturated carbocycles. The molecule has 6 N–H and O–H groups in total. The van der Waals surface area contributed by atoms with Crippen LogP contribution in [0.5, 0.6) is 0 Å². The number of nitrogens with zero attached hydrogens (tertiary/aromatic N) is 5. The minimum atomic E-state index is -4.81. The smallest absolute Gasteiger partial charge is 0.340 e. The third-order valence-electron chi connectivity index (χ3n) is 6.66. The first kappa shape index (κ1) is 31.0. The second kappa shape index (κ2) is 12.5. The Bertz CT molecular complexity index is 1440. The molecule has 1 fully saturated rings. The van der Waals surface area contributed by atoms with Crippen molar-refractivity contribution >= 4 is 43.8 Å². The fraction of sp³-hybridized carbons (Fsp3) is 0.565. The summed E-state index contributed by atoms with van der Waals surface area (Å²) in [5, 5.41) is 33.8. The summed E-state index contributed by atoms with van der Waals surface area (Å²) in [6.45, 7) is 4.03. The highest BCUT2D eigenvalue weighted by atomic mass is 35.5. The van der Waals surface area contributed by atoms with Gasteiger partial charge in [0.15, 0.2) is 22.9 Å². The van der Waals surface area contributed by atoms with Crippen molar-refractivity contribution in [1.29, 1.82) is 0 Å². The van der Waals surface area contributed by atoms with E-state index in [2.05, 4.69) is 39.4 Å². The van der Waals surface area contributed by atoms with E-state index in [1.165, 1.54) is 4.68 Å². The Morgan fingerprint density at radius 2 is 1.88 bits per heavy atom. The van der Waals surface area contributed by atoms with E-state index in [1.54, 1.807) is 6.07 Å². The number of benzene rings is 1. The molecule has 2 aromatic heterocycles. The van der Waals surface area contributed by atoms with E-state index in [9.17, 15) is 24.2 Å². The van der Waals surface area contributed by atoms with Gasteiger partial charge in [-0.2, -0.15) is 0 Å². The summed E-state index contributed by atoms with van der Waals surface area (Å²) in [5.41, 5.74) is 1.54. The molecule has 0 saturated heterocycles. The van der Waals surface area contributed by atoms with Crippen molar-refractivity contribution in [2.45, 2.75) is 57.9 Å². The molecular formula is C23H33ClN6O8P2.